The SMILES string of the molecule is CCC(O)CN(Cc1ccccc1)C(=O)Nc1cn(C)c(=O)cc1C. The second-order valence-electron chi connectivity index (χ2n) is 6.18. The van der Waals surface area contributed by atoms with Gasteiger partial charge in [0.2, 0.25) is 0 Å². The lowest BCUT2D eigenvalue weighted by Gasteiger charge is -2.26. The van der Waals surface area contributed by atoms with Crippen molar-refractivity contribution < 1.29 is 9.90 Å². The Morgan fingerprint density at radius 2 is 2.00 bits per heavy atom. The zero-order chi connectivity index (χ0) is 18.4. The Hall–Kier alpha value is -2.60. The Morgan fingerprint density at radius 3 is 2.64 bits per heavy atom. The van der Waals surface area contributed by atoms with Crippen LogP contribution in [0, 0.1) is 6.92 Å². The molecule has 1 unspecified atom stereocenters. The summed E-state index contributed by atoms with van der Waals surface area (Å²) in [5, 5.41) is 12.8. The first-order chi connectivity index (χ1) is 11.9. The lowest BCUT2D eigenvalue weighted by Crippen LogP contribution is -2.40. The van der Waals surface area contributed by atoms with Crippen molar-refractivity contribution in [1.82, 2.24) is 9.47 Å². The summed E-state index contributed by atoms with van der Waals surface area (Å²) in [5.74, 6) is 0. The van der Waals surface area contributed by atoms with Crippen LogP contribution in [0.4, 0.5) is 10.5 Å². The number of nitrogens with one attached hydrogen (secondary N) is 1. The zero-order valence-electron chi connectivity index (χ0n) is 14.9. The summed E-state index contributed by atoms with van der Waals surface area (Å²) in [6, 6.07) is 10.8. The highest BCUT2D eigenvalue weighted by molar-refractivity contribution is 5.90. The van der Waals surface area contributed by atoms with E-state index in [0.717, 1.165) is 5.56 Å². The van der Waals surface area contributed by atoms with E-state index in [1.54, 1.807) is 25.1 Å². The van der Waals surface area contributed by atoms with Crippen LogP contribution >= 0.6 is 0 Å². The van der Waals surface area contributed by atoms with E-state index < -0.39 is 6.10 Å². The number of aliphatic hydroxyl groups excluding tert-OH is 1. The van der Waals surface area contributed by atoms with Gasteiger partial charge in [-0.15, -0.1) is 0 Å². The third-order valence-corrected chi connectivity index (χ3v) is 4.08. The number of pyridine rings is 1. The summed E-state index contributed by atoms with van der Waals surface area (Å²) >= 11 is 0. The molecule has 2 rings (SSSR count). The molecule has 134 valence electrons. The Labute approximate surface area is 147 Å². The predicted octanol–water partition coefficient (Wildman–Crippen LogP) is 2.50. The van der Waals surface area contributed by atoms with Crippen LogP contribution in [0.1, 0.15) is 24.5 Å². The van der Waals surface area contributed by atoms with Gasteiger partial charge in [0.15, 0.2) is 0 Å². The number of anilines is 1. The minimum absolute atomic E-state index is 0.127. The number of benzene rings is 1. The molecular formula is C19H25N3O3. The van der Waals surface area contributed by atoms with E-state index in [0.29, 0.717) is 24.2 Å². The van der Waals surface area contributed by atoms with Crippen LogP contribution < -0.4 is 10.9 Å². The van der Waals surface area contributed by atoms with Crippen LogP contribution in [0.15, 0.2) is 47.4 Å². The van der Waals surface area contributed by atoms with Gasteiger partial charge in [0.1, 0.15) is 0 Å². The third kappa shape index (κ3) is 5.19. The number of urea groups is 1. The molecule has 2 aromatic rings. The molecule has 2 N–H and O–H groups in total. The third-order valence-electron chi connectivity index (χ3n) is 4.08. The summed E-state index contributed by atoms with van der Waals surface area (Å²) in [6.07, 6.45) is 1.58. The predicted molar refractivity (Wildman–Crippen MR) is 98.6 cm³/mol. The number of nitrogens with zero attached hydrogens (tertiary/aromatic N) is 2. The number of aromatic nitrogens is 1. The number of aliphatic hydroxyl groups is 1. The second kappa shape index (κ2) is 8.48. The molecule has 0 aliphatic carbocycles. The van der Waals surface area contributed by atoms with Gasteiger partial charge in [-0.05, 0) is 24.5 Å². The van der Waals surface area contributed by atoms with Crippen LogP contribution in [0.25, 0.3) is 0 Å². The first-order valence-electron chi connectivity index (χ1n) is 8.36. The van der Waals surface area contributed by atoms with Crippen LogP contribution in [0.2, 0.25) is 0 Å². The first-order valence-corrected chi connectivity index (χ1v) is 8.36. The van der Waals surface area contributed by atoms with Crippen molar-refractivity contribution in [2.75, 3.05) is 11.9 Å². The minimum Gasteiger partial charge on any atom is -0.391 e. The molecule has 6 nitrogen and oxygen atoms in total. The van der Waals surface area contributed by atoms with Gasteiger partial charge >= 0.3 is 6.03 Å². The summed E-state index contributed by atoms with van der Waals surface area (Å²) in [5.41, 5.74) is 2.14. The summed E-state index contributed by atoms with van der Waals surface area (Å²) < 4.78 is 1.42. The molecule has 6 heteroatoms. The van der Waals surface area contributed by atoms with Gasteiger partial charge in [-0.3, -0.25) is 4.79 Å². The van der Waals surface area contributed by atoms with Crippen molar-refractivity contribution in [2.24, 2.45) is 7.05 Å². The van der Waals surface area contributed by atoms with Crippen LogP contribution in [-0.2, 0) is 13.6 Å². The van der Waals surface area contributed by atoms with Crippen molar-refractivity contribution in [1.29, 1.82) is 0 Å². The van der Waals surface area contributed by atoms with Gasteiger partial charge in [0, 0.05) is 32.4 Å². The lowest BCUT2D eigenvalue weighted by molar-refractivity contribution is 0.119. The van der Waals surface area contributed by atoms with Gasteiger partial charge in [-0.1, -0.05) is 37.3 Å². The molecule has 0 saturated heterocycles. The van der Waals surface area contributed by atoms with Crippen molar-refractivity contribution in [3.05, 3.63) is 64.1 Å². The highest BCUT2D eigenvalue weighted by atomic mass is 16.3. The highest BCUT2D eigenvalue weighted by Crippen LogP contribution is 2.14. The van der Waals surface area contributed by atoms with E-state index in [2.05, 4.69) is 5.32 Å². The van der Waals surface area contributed by atoms with E-state index in [-0.39, 0.29) is 18.1 Å². The standard InChI is InChI=1S/C19H25N3O3/c1-4-16(23)12-22(11-15-8-6-5-7-9-15)19(25)20-17-13-21(3)18(24)10-14(17)2/h5-10,13,16,23H,4,11-12H2,1-3H3,(H,20,25). The van der Waals surface area contributed by atoms with Gasteiger partial charge in [-0.2, -0.15) is 0 Å². The molecule has 0 bridgehead atoms. The fourth-order valence-electron chi connectivity index (χ4n) is 2.46. The molecule has 25 heavy (non-hydrogen) atoms. The van der Waals surface area contributed by atoms with E-state index >= 15 is 0 Å². The molecule has 1 atom stereocenters. The average Bonchev–Trinajstić information content (AvgIpc) is 2.59. The normalized spacial score (nSPS) is 11.8. The second-order valence-corrected chi connectivity index (χ2v) is 6.18. The van der Waals surface area contributed by atoms with Crippen molar-refractivity contribution >= 4 is 11.7 Å². The monoisotopic (exact) mass is 343 g/mol. The van der Waals surface area contributed by atoms with Crippen LogP contribution in [0.3, 0.4) is 0 Å². The van der Waals surface area contributed by atoms with Gasteiger partial charge in [0.05, 0.1) is 11.8 Å². The van der Waals surface area contributed by atoms with Gasteiger partial charge in [-0.25, -0.2) is 4.79 Å². The minimum atomic E-state index is -0.587. The average molecular weight is 343 g/mol. The van der Waals surface area contributed by atoms with Crippen molar-refractivity contribution in [3.8, 4) is 0 Å². The molecule has 0 spiro atoms. The topological polar surface area (TPSA) is 74.6 Å². The van der Waals surface area contributed by atoms with E-state index in [9.17, 15) is 14.7 Å². The van der Waals surface area contributed by atoms with E-state index in [1.165, 1.54) is 10.6 Å². The largest absolute Gasteiger partial charge is 0.391 e. The molecule has 0 aliphatic heterocycles. The fraction of sp³-hybridized carbons (Fsp3) is 0.368. The molecule has 0 aliphatic rings. The number of aryl methyl sites for hydroxylation is 2. The molecule has 1 aromatic carbocycles. The van der Waals surface area contributed by atoms with E-state index in [1.807, 2.05) is 37.3 Å². The number of amides is 2. The Balaban J connectivity index is 2.19. The zero-order valence-corrected chi connectivity index (χ0v) is 14.9. The summed E-state index contributed by atoms with van der Waals surface area (Å²) in [4.78, 5) is 26.0. The molecule has 0 saturated carbocycles. The van der Waals surface area contributed by atoms with Crippen LogP contribution in [-0.4, -0.2) is 33.3 Å². The Bertz CT molecular complexity index is 771. The number of hydrogen-bond donors (Lipinski definition) is 2. The maximum atomic E-state index is 12.7. The number of carbonyl (C=O) groups is 1. The molecule has 0 fully saturated rings. The maximum absolute atomic E-state index is 12.7. The summed E-state index contributed by atoms with van der Waals surface area (Å²) in [7, 11) is 1.64. The Kier molecular flexibility index (Phi) is 6.36. The van der Waals surface area contributed by atoms with Crippen molar-refractivity contribution in [3.63, 3.8) is 0 Å². The maximum Gasteiger partial charge on any atom is 0.322 e. The number of hydrogen-bond acceptors (Lipinski definition) is 3. The summed E-state index contributed by atoms with van der Waals surface area (Å²) in [6.45, 7) is 4.29. The highest BCUT2D eigenvalue weighted by Gasteiger charge is 2.18. The lowest BCUT2D eigenvalue weighted by atomic mass is 10.2. The number of carbonyl (C=O) groups excluding carboxylic acids is 1. The molecule has 1 heterocycles. The van der Waals surface area contributed by atoms with Gasteiger partial charge in [0.25, 0.3) is 5.56 Å². The molecule has 1 aromatic heterocycles. The molecular weight excluding hydrogens is 318 g/mol. The fourth-order valence-corrected chi connectivity index (χ4v) is 2.46. The molecule has 0 radical (unpaired) electrons. The first kappa shape index (κ1) is 18.7. The Morgan fingerprint density at radius 1 is 1.32 bits per heavy atom. The number of rotatable bonds is 6. The molecule has 2 amide bonds. The van der Waals surface area contributed by atoms with Gasteiger partial charge < -0.3 is 19.9 Å². The van der Waals surface area contributed by atoms with Crippen LogP contribution in [0.5, 0.6) is 0 Å². The van der Waals surface area contributed by atoms with Crippen molar-refractivity contribution in [2.45, 2.75) is 32.9 Å². The quantitative estimate of drug-likeness (QED) is 0.846. The van der Waals surface area contributed by atoms with E-state index in [4.69, 9.17) is 0 Å². The smallest absolute Gasteiger partial charge is 0.322 e.